The summed E-state index contributed by atoms with van der Waals surface area (Å²) in [6.07, 6.45) is 1.56. The highest BCUT2D eigenvalue weighted by molar-refractivity contribution is 8.18. The van der Waals surface area contributed by atoms with Gasteiger partial charge in [0.2, 0.25) is 0 Å². The Bertz CT molecular complexity index is 638. The number of amides is 2. The molecule has 2 rings (SSSR count). The Hall–Kier alpha value is -2.28. The number of carboxylic acids is 1. The van der Waals surface area contributed by atoms with E-state index in [9.17, 15) is 14.4 Å². The van der Waals surface area contributed by atoms with Crippen LogP contribution in [0.25, 0.3) is 6.08 Å². The van der Waals surface area contributed by atoms with Crippen LogP contribution in [0.3, 0.4) is 0 Å². The fraction of sp³-hybridized carbons (Fsp3) is 0.267. The Morgan fingerprint density at radius 3 is 2.55 bits per heavy atom. The van der Waals surface area contributed by atoms with Gasteiger partial charge in [0.05, 0.1) is 11.5 Å². The van der Waals surface area contributed by atoms with E-state index >= 15 is 0 Å². The van der Waals surface area contributed by atoms with E-state index in [2.05, 4.69) is 0 Å². The van der Waals surface area contributed by atoms with Gasteiger partial charge >= 0.3 is 5.97 Å². The summed E-state index contributed by atoms with van der Waals surface area (Å²) in [5.41, 5.74) is 0.733. The highest BCUT2D eigenvalue weighted by Gasteiger charge is 2.40. The van der Waals surface area contributed by atoms with Crippen LogP contribution < -0.4 is 4.74 Å². The monoisotopic (exact) mass is 321 g/mol. The highest BCUT2D eigenvalue weighted by atomic mass is 32.2. The Kier molecular flexibility index (Phi) is 4.87. The van der Waals surface area contributed by atoms with Crippen LogP contribution in [0.2, 0.25) is 0 Å². The number of nitrogens with zero attached hydrogens (tertiary/aromatic N) is 1. The zero-order chi connectivity index (χ0) is 16.3. The highest BCUT2D eigenvalue weighted by Crippen LogP contribution is 2.33. The van der Waals surface area contributed by atoms with Gasteiger partial charge in [0, 0.05) is 0 Å². The van der Waals surface area contributed by atoms with E-state index in [-0.39, 0.29) is 4.91 Å². The maximum absolute atomic E-state index is 12.2. The Morgan fingerprint density at radius 2 is 2.00 bits per heavy atom. The molecule has 116 valence electrons. The maximum atomic E-state index is 12.2. The second-order valence-corrected chi connectivity index (χ2v) is 5.56. The summed E-state index contributed by atoms with van der Waals surface area (Å²) >= 11 is 0.741. The number of benzene rings is 1. The van der Waals surface area contributed by atoms with Crippen molar-refractivity contribution in [1.29, 1.82) is 0 Å². The third-order valence-electron chi connectivity index (χ3n) is 3.06. The van der Waals surface area contributed by atoms with Crippen LogP contribution >= 0.6 is 11.8 Å². The molecule has 1 fully saturated rings. The number of ether oxygens (including phenoxy) is 1. The number of carbonyl (C=O) groups is 3. The lowest BCUT2D eigenvalue weighted by atomic mass is 10.2. The zero-order valence-electron chi connectivity index (χ0n) is 12.1. The first kappa shape index (κ1) is 16.1. The quantitative estimate of drug-likeness (QED) is 0.839. The molecule has 0 bridgehead atoms. The summed E-state index contributed by atoms with van der Waals surface area (Å²) in [5.74, 6) is -1.09. The van der Waals surface area contributed by atoms with Gasteiger partial charge in [-0.1, -0.05) is 12.1 Å². The van der Waals surface area contributed by atoms with Crippen molar-refractivity contribution in [1.82, 2.24) is 4.90 Å². The summed E-state index contributed by atoms with van der Waals surface area (Å²) in [7, 11) is 0. The van der Waals surface area contributed by atoms with Gasteiger partial charge in [-0.2, -0.15) is 0 Å². The van der Waals surface area contributed by atoms with E-state index in [1.165, 1.54) is 6.92 Å². The summed E-state index contributed by atoms with van der Waals surface area (Å²) in [4.78, 5) is 35.9. The molecule has 0 aliphatic carbocycles. The predicted molar refractivity (Wildman–Crippen MR) is 82.5 cm³/mol. The molecule has 1 aromatic rings. The maximum Gasteiger partial charge on any atom is 0.326 e. The van der Waals surface area contributed by atoms with Crippen LogP contribution in [0.15, 0.2) is 29.2 Å². The van der Waals surface area contributed by atoms with Crippen molar-refractivity contribution in [2.45, 2.75) is 19.9 Å². The molecule has 1 heterocycles. The van der Waals surface area contributed by atoms with E-state index in [0.717, 1.165) is 22.2 Å². The molecule has 6 nitrogen and oxygen atoms in total. The molecule has 1 saturated heterocycles. The lowest BCUT2D eigenvalue weighted by Gasteiger charge is -2.16. The smallest absolute Gasteiger partial charge is 0.326 e. The molecular weight excluding hydrogens is 306 g/mol. The van der Waals surface area contributed by atoms with Gasteiger partial charge in [0.25, 0.3) is 11.1 Å². The SMILES string of the molecule is CCOc1ccc(/C=C2\SC(=O)N([C@@H](C)C(=O)O)C2=O)cc1. The fourth-order valence-electron chi connectivity index (χ4n) is 1.90. The Labute approximate surface area is 131 Å². The summed E-state index contributed by atoms with van der Waals surface area (Å²) in [6, 6.07) is 5.87. The Morgan fingerprint density at radius 1 is 1.36 bits per heavy atom. The van der Waals surface area contributed by atoms with E-state index in [0.29, 0.717) is 12.4 Å². The summed E-state index contributed by atoms with van der Waals surface area (Å²) < 4.78 is 5.32. The molecule has 22 heavy (non-hydrogen) atoms. The first-order valence-electron chi connectivity index (χ1n) is 6.66. The third-order valence-corrected chi connectivity index (χ3v) is 3.94. The number of aliphatic carboxylic acids is 1. The van der Waals surface area contributed by atoms with Crippen molar-refractivity contribution in [3.8, 4) is 5.75 Å². The minimum Gasteiger partial charge on any atom is -0.494 e. The average molecular weight is 321 g/mol. The number of imide groups is 1. The molecule has 0 aromatic heterocycles. The van der Waals surface area contributed by atoms with E-state index in [4.69, 9.17) is 9.84 Å². The van der Waals surface area contributed by atoms with Crippen molar-refractivity contribution in [2.24, 2.45) is 0 Å². The van der Waals surface area contributed by atoms with Crippen molar-refractivity contribution < 1.29 is 24.2 Å². The van der Waals surface area contributed by atoms with Crippen molar-refractivity contribution in [3.63, 3.8) is 0 Å². The Balaban J connectivity index is 2.21. The van der Waals surface area contributed by atoms with Crippen LogP contribution in [0.1, 0.15) is 19.4 Å². The average Bonchev–Trinajstić information content (AvgIpc) is 2.75. The molecule has 1 aliphatic rings. The lowest BCUT2D eigenvalue weighted by Crippen LogP contribution is -2.41. The van der Waals surface area contributed by atoms with Crippen LogP contribution in [-0.4, -0.2) is 39.8 Å². The lowest BCUT2D eigenvalue weighted by molar-refractivity contribution is -0.145. The fourth-order valence-corrected chi connectivity index (χ4v) is 2.81. The third kappa shape index (κ3) is 3.30. The predicted octanol–water partition coefficient (Wildman–Crippen LogP) is 2.59. The number of hydrogen-bond donors (Lipinski definition) is 1. The van der Waals surface area contributed by atoms with E-state index < -0.39 is 23.2 Å². The largest absolute Gasteiger partial charge is 0.494 e. The van der Waals surface area contributed by atoms with Gasteiger partial charge in [-0.3, -0.25) is 14.5 Å². The van der Waals surface area contributed by atoms with E-state index in [1.54, 1.807) is 30.3 Å². The molecule has 0 radical (unpaired) electrons. The normalized spacial score (nSPS) is 17.9. The molecule has 1 atom stereocenters. The first-order chi connectivity index (χ1) is 10.4. The van der Waals surface area contributed by atoms with Crippen molar-refractivity contribution in [3.05, 3.63) is 34.7 Å². The van der Waals surface area contributed by atoms with Crippen LogP contribution in [0.4, 0.5) is 4.79 Å². The number of hydrogen-bond acceptors (Lipinski definition) is 5. The molecular formula is C15H15NO5S. The van der Waals surface area contributed by atoms with E-state index in [1.807, 2.05) is 6.92 Å². The van der Waals surface area contributed by atoms with Gasteiger partial charge in [-0.05, 0) is 49.4 Å². The number of thioether (sulfide) groups is 1. The van der Waals surface area contributed by atoms with Gasteiger partial charge in [-0.25, -0.2) is 4.79 Å². The molecule has 1 N–H and O–H groups in total. The van der Waals surface area contributed by atoms with Gasteiger partial charge < -0.3 is 9.84 Å². The standard InChI is InChI=1S/C15H15NO5S/c1-3-21-11-6-4-10(5-7-11)8-12-13(17)16(15(20)22-12)9(2)14(18)19/h4-9H,3H2,1-2H3,(H,18,19)/b12-8-/t9-/m0/s1. The van der Waals surface area contributed by atoms with Crippen molar-refractivity contribution >= 4 is 35.0 Å². The number of carbonyl (C=O) groups excluding carboxylic acids is 2. The van der Waals surface area contributed by atoms with Gasteiger partial charge in [0.15, 0.2) is 0 Å². The second-order valence-electron chi connectivity index (χ2n) is 4.57. The molecule has 2 amide bonds. The van der Waals surface area contributed by atoms with Gasteiger partial charge in [-0.15, -0.1) is 0 Å². The minimum absolute atomic E-state index is 0.210. The van der Waals surface area contributed by atoms with Crippen molar-refractivity contribution in [2.75, 3.05) is 6.61 Å². The summed E-state index contributed by atoms with van der Waals surface area (Å²) in [6.45, 7) is 3.75. The first-order valence-corrected chi connectivity index (χ1v) is 7.48. The molecule has 1 aliphatic heterocycles. The van der Waals surface area contributed by atoms with Crippen LogP contribution in [0, 0.1) is 0 Å². The molecule has 0 unspecified atom stereocenters. The van der Waals surface area contributed by atoms with Crippen LogP contribution in [0.5, 0.6) is 5.75 Å². The zero-order valence-corrected chi connectivity index (χ0v) is 12.9. The molecule has 0 saturated carbocycles. The molecule has 0 spiro atoms. The minimum atomic E-state index is -1.22. The van der Waals surface area contributed by atoms with Crippen LogP contribution in [-0.2, 0) is 9.59 Å². The topological polar surface area (TPSA) is 83.9 Å². The second kappa shape index (κ2) is 6.65. The molecule has 1 aromatic carbocycles. The number of carboxylic acid groups (broad SMARTS) is 1. The number of rotatable bonds is 5. The summed E-state index contributed by atoms with van der Waals surface area (Å²) in [5, 5.41) is 8.37. The molecule has 7 heteroatoms. The van der Waals surface area contributed by atoms with Gasteiger partial charge in [0.1, 0.15) is 11.8 Å².